The molecule has 0 amide bonds. The molecule has 0 aliphatic carbocycles. The van der Waals surface area contributed by atoms with Crippen molar-refractivity contribution in [2.75, 3.05) is 14.2 Å². The van der Waals surface area contributed by atoms with E-state index in [1.807, 2.05) is 25.1 Å². The van der Waals surface area contributed by atoms with Crippen LogP contribution < -0.4 is 20.2 Å². The second kappa shape index (κ2) is 7.81. The van der Waals surface area contributed by atoms with Crippen LogP contribution in [0.3, 0.4) is 0 Å². The first-order valence-electron chi connectivity index (χ1n) is 8.29. The number of ether oxygens (including phenoxy) is 2. The normalized spacial score (nSPS) is 12.2. The van der Waals surface area contributed by atoms with Crippen molar-refractivity contribution in [3.8, 4) is 11.5 Å². The Morgan fingerprint density at radius 3 is 2.62 bits per heavy atom. The van der Waals surface area contributed by atoms with E-state index in [0.29, 0.717) is 34.0 Å². The van der Waals surface area contributed by atoms with E-state index in [2.05, 4.69) is 10.3 Å². The summed E-state index contributed by atoms with van der Waals surface area (Å²) in [7, 11) is 3.23. The van der Waals surface area contributed by atoms with Crippen LogP contribution in [0.2, 0.25) is 5.02 Å². The van der Waals surface area contributed by atoms with Gasteiger partial charge in [0.2, 0.25) is 0 Å². The summed E-state index contributed by atoms with van der Waals surface area (Å²) in [5.41, 5.74) is 2.46. The maximum atomic E-state index is 12.3. The Morgan fingerprint density at radius 2 is 1.88 bits per heavy atom. The average Bonchev–Trinajstić information content (AvgIpc) is 2.66. The van der Waals surface area contributed by atoms with Gasteiger partial charge in [-0.25, -0.2) is 0 Å². The number of H-pyrrole nitrogens is 1. The number of nitrogens with one attached hydrogen (secondary N) is 2. The van der Waals surface area contributed by atoms with Gasteiger partial charge in [0.15, 0.2) is 16.9 Å². The fourth-order valence-corrected chi connectivity index (χ4v) is 3.11. The molecule has 0 spiro atoms. The Kier molecular flexibility index (Phi) is 5.49. The Labute approximate surface area is 156 Å². The van der Waals surface area contributed by atoms with E-state index in [4.69, 9.17) is 21.1 Å². The summed E-state index contributed by atoms with van der Waals surface area (Å²) in [6, 6.07) is 12.8. The van der Waals surface area contributed by atoms with Gasteiger partial charge in [0.05, 0.1) is 24.8 Å². The van der Waals surface area contributed by atoms with Crippen molar-refractivity contribution in [1.29, 1.82) is 0 Å². The van der Waals surface area contributed by atoms with E-state index in [0.717, 1.165) is 11.3 Å². The summed E-state index contributed by atoms with van der Waals surface area (Å²) in [5, 5.41) is 4.53. The smallest absolute Gasteiger partial charge is 0.189 e. The Balaban J connectivity index is 1.79. The molecule has 6 heteroatoms. The number of aromatic nitrogens is 1. The molecule has 2 aromatic carbocycles. The quantitative estimate of drug-likeness (QED) is 0.685. The van der Waals surface area contributed by atoms with Crippen LogP contribution in [0.5, 0.6) is 11.5 Å². The number of hydrogen-bond acceptors (Lipinski definition) is 4. The van der Waals surface area contributed by atoms with Gasteiger partial charge in [-0.2, -0.15) is 0 Å². The van der Waals surface area contributed by atoms with Crippen LogP contribution in [-0.4, -0.2) is 19.2 Å². The molecule has 0 fully saturated rings. The molecule has 2 N–H and O–H groups in total. The second-order valence-corrected chi connectivity index (χ2v) is 6.45. The van der Waals surface area contributed by atoms with Gasteiger partial charge in [0.25, 0.3) is 0 Å². The van der Waals surface area contributed by atoms with E-state index < -0.39 is 0 Å². The molecule has 0 saturated heterocycles. The Morgan fingerprint density at radius 1 is 1.12 bits per heavy atom. The largest absolute Gasteiger partial charge is 0.493 e. The van der Waals surface area contributed by atoms with Gasteiger partial charge < -0.3 is 19.8 Å². The van der Waals surface area contributed by atoms with Crippen LogP contribution in [0.1, 0.15) is 24.2 Å². The molecule has 0 radical (unpaired) electrons. The predicted molar refractivity (Wildman–Crippen MR) is 104 cm³/mol. The Hall–Kier alpha value is -2.50. The molecule has 1 heterocycles. The second-order valence-electron chi connectivity index (χ2n) is 6.04. The zero-order valence-corrected chi connectivity index (χ0v) is 15.7. The van der Waals surface area contributed by atoms with Gasteiger partial charge in [-0.1, -0.05) is 23.7 Å². The molecule has 0 aliphatic heterocycles. The highest BCUT2D eigenvalue weighted by Gasteiger charge is 2.11. The van der Waals surface area contributed by atoms with Gasteiger partial charge in [-0.3, -0.25) is 4.79 Å². The lowest BCUT2D eigenvalue weighted by Crippen LogP contribution is -2.20. The number of methoxy groups -OCH3 is 2. The van der Waals surface area contributed by atoms with E-state index in [1.54, 1.807) is 38.5 Å². The zero-order valence-electron chi connectivity index (χ0n) is 14.9. The number of halogens is 1. The summed E-state index contributed by atoms with van der Waals surface area (Å²) in [5.74, 6) is 1.38. The minimum Gasteiger partial charge on any atom is -0.493 e. The van der Waals surface area contributed by atoms with Crippen LogP contribution in [0.25, 0.3) is 10.9 Å². The van der Waals surface area contributed by atoms with Crippen LogP contribution in [0.4, 0.5) is 0 Å². The number of fused-ring (bicyclic) bond motifs is 1. The summed E-state index contributed by atoms with van der Waals surface area (Å²) in [4.78, 5) is 15.5. The number of aromatic amines is 1. The lowest BCUT2D eigenvalue weighted by Gasteiger charge is -2.17. The summed E-state index contributed by atoms with van der Waals surface area (Å²) >= 11 is 6.21. The number of hydrogen-bond donors (Lipinski definition) is 2. The monoisotopic (exact) mass is 372 g/mol. The summed E-state index contributed by atoms with van der Waals surface area (Å²) in [6.45, 7) is 2.55. The number of para-hydroxylation sites is 1. The molecular weight excluding hydrogens is 352 g/mol. The third-order valence-electron chi connectivity index (χ3n) is 4.38. The fraction of sp³-hybridized carbons (Fsp3) is 0.250. The molecule has 5 nitrogen and oxygen atoms in total. The van der Waals surface area contributed by atoms with Crippen molar-refractivity contribution in [2.24, 2.45) is 0 Å². The average molecular weight is 373 g/mol. The van der Waals surface area contributed by atoms with Gasteiger partial charge in [-0.05, 0) is 36.8 Å². The van der Waals surface area contributed by atoms with Gasteiger partial charge >= 0.3 is 0 Å². The molecule has 1 unspecified atom stereocenters. The SMILES string of the molecule is COc1ccc(C(C)NCc2cc(=O)c3cccc(Cl)c3[nH]2)cc1OC. The van der Waals surface area contributed by atoms with Crippen molar-refractivity contribution in [3.63, 3.8) is 0 Å². The minimum atomic E-state index is -0.0446. The third-order valence-corrected chi connectivity index (χ3v) is 4.69. The van der Waals surface area contributed by atoms with Crippen molar-refractivity contribution >= 4 is 22.5 Å². The van der Waals surface area contributed by atoms with Gasteiger partial charge in [0, 0.05) is 29.7 Å². The van der Waals surface area contributed by atoms with Crippen molar-refractivity contribution in [2.45, 2.75) is 19.5 Å². The summed E-state index contributed by atoms with van der Waals surface area (Å²) < 4.78 is 10.6. The lowest BCUT2D eigenvalue weighted by molar-refractivity contribution is 0.354. The number of benzene rings is 2. The zero-order chi connectivity index (χ0) is 18.7. The maximum Gasteiger partial charge on any atom is 0.189 e. The minimum absolute atomic E-state index is 0.0446. The molecule has 3 rings (SSSR count). The third kappa shape index (κ3) is 3.69. The van der Waals surface area contributed by atoms with Crippen molar-refractivity contribution in [3.05, 3.63) is 69.0 Å². The molecule has 1 atom stereocenters. The Bertz CT molecular complexity index is 984. The standard InChI is InChI=1S/C20H21ClN2O3/c1-12(13-7-8-18(25-2)19(9-13)26-3)22-11-14-10-17(24)15-5-4-6-16(21)20(15)23-14/h4-10,12,22H,11H2,1-3H3,(H,23,24). The predicted octanol–water partition coefficient (Wildman–Crippen LogP) is 4.05. The first-order chi connectivity index (χ1) is 12.5. The molecule has 0 aliphatic rings. The molecule has 3 aromatic rings. The van der Waals surface area contributed by atoms with E-state index in [9.17, 15) is 4.79 Å². The molecule has 26 heavy (non-hydrogen) atoms. The van der Waals surface area contributed by atoms with Crippen LogP contribution in [0, 0.1) is 0 Å². The highest BCUT2D eigenvalue weighted by atomic mass is 35.5. The van der Waals surface area contributed by atoms with Crippen LogP contribution >= 0.6 is 11.6 Å². The fourth-order valence-electron chi connectivity index (χ4n) is 2.89. The number of rotatable bonds is 6. The molecule has 136 valence electrons. The first kappa shape index (κ1) is 18.3. The van der Waals surface area contributed by atoms with Gasteiger partial charge in [0.1, 0.15) is 0 Å². The highest BCUT2D eigenvalue weighted by Crippen LogP contribution is 2.30. The molecule has 1 aromatic heterocycles. The summed E-state index contributed by atoms with van der Waals surface area (Å²) in [6.07, 6.45) is 0. The highest BCUT2D eigenvalue weighted by molar-refractivity contribution is 6.35. The van der Waals surface area contributed by atoms with E-state index in [-0.39, 0.29) is 11.5 Å². The van der Waals surface area contributed by atoms with E-state index >= 15 is 0 Å². The van der Waals surface area contributed by atoms with Crippen molar-refractivity contribution in [1.82, 2.24) is 10.3 Å². The van der Waals surface area contributed by atoms with Crippen molar-refractivity contribution < 1.29 is 9.47 Å². The maximum absolute atomic E-state index is 12.3. The van der Waals surface area contributed by atoms with E-state index in [1.165, 1.54) is 0 Å². The van der Waals surface area contributed by atoms with Crippen LogP contribution in [-0.2, 0) is 6.54 Å². The topological polar surface area (TPSA) is 63.3 Å². The molecule has 0 bridgehead atoms. The molecule has 0 saturated carbocycles. The number of pyridine rings is 1. The first-order valence-corrected chi connectivity index (χ1v) is 8.67. The lowest BCUT2D eigenvalue weighted by atomic mass is 10.1. The molecular formula is C20H21ClN2O3. The van der Waals surface area contributed by atoms with Crippen LogP contribution in [0.15, 0.2) is 47.3 Å². The van der Waals surface area contributed by atoms with Gasteiger partial charge in [-0.15, -0.1) is 0 Å².